The minimum Gasteiger partial charge on any atom is -0.313 e. The molecule has 0 radical (unpaired) electrons. The van der Waals surface area contributed by atoms with E-state index in [0.717, 1.165) is 11.8 Å². The molecule has 0 aliphatic carbocycles. The highest BCUT2D eigenvalue weighted by Gasteiger charge is 2.12. The van der Waals surface area contributed by atoms with E-state index in [-0.39, 0.29) is 0 Å². The highest BCUT2D eigenvalue weighted by molar-refractivity contribution is 7.99. The van der Waals surface area contributed by atoms with Crippen molar-refractivity contribution in [1.29, 1.82) is 0 Å². The molecule has 1 saturated heterocycles. The van der Waals surface area contributed by atoms with Gasteiger partial charge in [-0.05, 0) is 19.4 Å². The van der Waals surface area contributed by atoms with Crippen molar-refractivity contribution in [2.45, 2.75) is 18.9 Å². The molecule has 0 spiro atoms. The second-order valence-electron chi connectivity index (χ2n) is 2.62. The van der Waals surface area contributed by atoms with Crippen molar-refractivity contribution in [3.05, 3.63) is 12.7 Å². The maximum atomic E-state index is 3.68. The molecule has 1 fully saturated rings. The second-order valence-corrected chi connectivity index (χ2v) is 3.69. The first-order chi connectivity index (χ1) is 4.93. The van der Waals surface area contributed by atoms with Gasteiger partial charge in [0.05, 0.1) is 0 Å². The molecule has 0 saturated carbocycles. The van der Waals surface area contributed by atoms with Crippen LogP contribution in [0.1, 0.15) is 12.8 Å². The Morgan fingerprint density at radius 2 is 2.60 bits per heavy atom. The van der Waals surface area contributed by atoms with Crippen LogP contribution in [0.4, 0.5) is 0 Å². The monoisotopic (exact) mass is 157 g/mol. The van der Waals surface area contributed by atoms with E-state index in [4.69, 9.17) is 0 Å². The lowest BCUT2D eigenvalue weighted by molar-refractivity contribution is 0.674. The van der Waals surface area contributed by atoms with Crippen molar-refractivity contribution < 1.29 is 0 Å². The number of rotatable bonds is 4. The molecule has 0 unspecified atom stereocenters. The lowest BCUT2D eigenvalue weighted by Gasteiger charge is -2.07. The Hall–Kier alpha value is 0.0500. The molecule has 2 heteroatoms. The molecule has 1 aliphatic heterocycles. The van der Waals surface area contributed by atoms with Gasteiger partial charge < -0.3 is 5.32 Å². The molecule has 0 amide bonds. The molecular formula is C8H15NS. The Labute approximate surface area is 67.3 Å². The first-order valence-electron chi connectivity index (χ1n) is 3.85. The predicted molar refractivity (Wildman–Crippen MR) is 48.5 cm³/mol. The van der Waals surface area contributed by atoms with Gasteiger partial charge in [-0.25, -0.2) is 0 Å². The normalized spacial score (nSPS) is 25.0. The van der Waals surface area contributed by atoms with E-state index in [1.54, 1.807) is 0 Å². The Kier molecular flexibility index (Phi) is 3.91. The van der Waals surface area contributed by atoms with Gasteiger partial charge in [-0.1, -0.05) is 6.08 Å². The predicted octanol–water partition coefficient (Wildman–Crippen LogP) is 1.66. The summed E-state index contributed by atoms with van der Waals surface area (Å²) in [4.78, 5) is 0. The first kappa shape index (κ1) is 8.15. The van der Waals surface area contributed by atoms with Gasteiger partial charge in [0.15, 0.2) is 0 Å². The summed E-state index contributed by atoms with van der Waals surface area (Å²) in [5, 5.41) is 3.46. The van der Waals surface area contributed by atoms with Gasteiger partial charge in [0, 0.05) is 17.5 Å². The van der Waals surface area contributed by atoms with Crippen LogP contribution >= 0.6 is 11.8 Å². The molecule has 1 nitrogen and oxygen atoms in total. The molecule has 1 N–H and O–H groups in total. The summed E-state index contributed by atoms with van der Waals surface area (Å²) < 4.78 is 0. The van der Waals surface area contributed by atoms with Gasteiger partial charge in [0.1, 0.15) is 0 Å². The summed E-state index contributed by atoms with van der Waals surface area (Å²) >= 11 is 1.97. The quantitative estimate of drug-likeness (QED) is 0.492. The van der Waals surface area contributed by atoms with Gasteiger partial charge in [-0.15, -0.1) is 6.58 Å². The van der Waals surface area contributed by atoms with Crippen LogP contribution in [0.15, 0.2) is 12.7 Å². The van der Waals surface area contributed by atoms with E-state index in [9.17, 15) is 0 Å². The van der Waals surface area contributed by atoms with Crippen LogP contribution in [0.5, 0.6) is 0 Å². The first-order valence-corrected chi connectivity index (χ1v) is 5.01. The third-order valence-electron chi connectivity index (χ3n) is 1.72. The zero-order chi connectivity index (χ0) is 7.23. The second kappa shape index (κ2) is 4.80. The fraction of sp³-hybridized carbons (Fsp3) is 0.750. The minimum atomic E-state index is 0.782. The molecule has 0 bridgehead atoms. The van der Waals surface area contributed by atoms with Crippen LogP contribution in [-0.2, 0) is 0 Å². The van der Waals surface area contributed by atoms with Gasteiger partial charge in [-0.2, -0.15) is 11.8 Å². The number of thioether (sulfide) groups is 1. The topological polar surface area (TPSA) is 12.0 Å². The van der Waals surface area contributed by atoms with Crippen molar-refractivity contribution in [2.24, 2.45) is 0 Å². The Morgan fingerprint density at radius 3 is 3.20 bits per heavy atom. The fourth-order valence-electron chi connectivity index (χ4n) is 1.19. The molecule has 0 aromatic heterocycles. The number of hydrogen-bond acceptors (Lipinski definition) is 2. The lowest BCUT2D eigenvalue weighted by Crippen LogP contribution is -2.23. The summed E-state index contributed by atoms with van der Waals surface area (Å²) in [5.41, 5.74) is 0. The summed E-state index contributed by atoms with van der Waals surface area (Å²) in [5.74, 6) is 2.35. The maximum Gasteiger partial charge on any atom is 0.0158 e. The van der Waals surface area contributed by atoms with E-state index in [0.29, 0.717) is 0 Å². The molecule has 0 aromatic rings. The minimum absolute atomic E-state index is 0.782. The smallest absolute Gasteiger partial charge is 0.0158 e. The summed E-state index contributed by atoms with van der Waals surface area (Å²) in [6.45, 7) is 4.91. The average Bonchev–Trinajstić information content (AvgIpc) is 2.41. The Bertz CT molecular complexity index is 97.4. The van der Waals surface area contributed by atoms with Gasteiger partial charge in [0.25, 0.3) is 0 Å². The standard InChI is InChI=1S/C8H15NS/c1-2-6-10-7-8-4-3-5-9-8/h2,8-9H,1,3-7H2/t8-/m0/s1. The van der Waals surface area contributed by atoms with Crippen molar-refractivity contribution >= 4 is 11.8 Å². The zero-order valence-electron chi connectivity index (χ0n) is 6.31. The molecule has 58 valence electrons. The molecule has 0 aromatic carbocycles. The lowest BCUT2D eigenvalue weighted by atomic mass is 10.3. The van der Waals surface area contributed by atoms with E-state index in [1.807, 2.05) is 17.8 Å². The zero-order valence-corrected chi connectivity index (χ0v) is 7.12. The Morgan fingerprint density at radius 1 is 1.70 bits per heavy atom. The molecule has 1 atom stereocenters. The van der Waals surface area contributed by atoms with Crippen molar-refractivity contribution in [1.82, 2.24) is 5.32 Å². The summed E-state index contributed by atoms with van der Waals surface area (Å²) in [6.07, 6.45) is 4.70. The highest BCUT2D eigenvalue weighted by Crippen LogP contribution is 2.11. The summed E-state index contributed by atoms with van der Waals surface area (Å²) in [6, 6.07) is 0.782. The number of hydrogen-bond donors (Lipinski definition) is 1. The van der Waals surface area contributed by atoms with Crippen molar-refractivity contribution in [3.8, 4) is 0 Å². The molecule has 10 heavy (non-hydrogen) atoms. The molecule has 1 aliphatic rings. The average molecular weight is 157 g/mol. The largest absolute Gasteiger partial charge is 0.313 e. The van der Waals surface area contributed by atoms with Crippen LogP contribution in [0.2, 0.25) is 0 Å². The third kappa shape index (κ3) is 2.76. The summed E-state index contributed by atoms with van der Waals surface area (Å²) in [7, 11) is 0. The van der Waals surface area contributed by atoms with Crippen molar-refractivity contribution in [3.63, 3.8) is 0 Å². The fourth-order valence-corrected chi connectivity index (χ4v) is 2.06. The van der Waals surface area contributed by atoms with Crippen LogP contribution in [-0.4, -0.2) is 24.1 Å². The van der Waals surface area contributed by atoms with Crippen LogP contribution in [0, 0.1) is 0 Å². The molecule has 1 rings (SSSR count). The Balaban J connectivity index is 1.96. The van der Waals surface area contributed by atoms with E-state index >= 15 is 0 Å². The SMILES string of the molecule is C=CCSC[C@@H]1CCCN1. The van der Waals surface area contributed by atoms with Crippen LogP contribution < -0.4 is 5.32 Å². The van der Waals surface area contributed by atoms with Gasteiger partial charge in [-0.3, -0.25) is 0 Å². The number of nitrogens with one attached hydrogen (secondary N) is 1. The van der Waals surface area contributed by atoms with Crippen LogP contribution in [0.3, 0.4) is 0 Å². The maximum absolute atomic E-state index is 3.68. The van der Waals surface area contributed by atoms with E-state index < -0.39 is 0 Å². The van der Waals surface area contributed by atoms with Gasteiger partial charge in [0.2, 0.25) is 0 Å². The van der Waals surface area contributed by atoms with Gasteiger partial charge >= 0.3 is 0 Å². The van der Waals surface area contributed by atoms with E-state index in [1.165, 1.54) is 25.1 Å². The molecule has 1 heterocycles. The highest BCUT2D eigenvalue weighted by atomic mass is 32.2. The molecular weight excluding hydrogens is 142 g/mol. The third-order valence-corrected chi connectivity index (χ3v) is 2.83. The van der Waals surface area contributed by atoms with Crippen LogP contribution in [0.25, 0.3) is 0 Å². The van der Waals surface area contributed by atoms with Crippen molar-refractivity contribution in [2.75, 3.05) is 18.1 Å². The van der Waals surface area contributed by atoms with E-state index in [2.05, 4.69) is 11.9 Å².